The average Bonchev–Trinajstić information content (AvgIpc) is 3.43. The van der Waals surface area contributed by atoms with Gasteiger partial charge in [0.2, 0.25) is 0 Å². The van der Waals surface area contributed by atoms with Crippen LogP contribution in [0.25, 0.3) is 78.0 Å². The number of hydrogen-bond donors (Lipinski definition) is 0. The molecule has 0 fully saturated rings. The van der Waals surface area contributed by atoms with E-state index in [2.05, 4.69) is 60.7 Å². The van der Waals surface area contributed by atoms with Gasteiger partial charge >= 0.3 is 0 Å². The summed E-state index contributed by atoms with van der Waals surface area (Å²) in [5.41, 5.74) is 6.84. The van der Waals surface area contributed by atoms with E-state index in [1.54, 1.807) is 0 Å². The van der Waals surface area contributed by atoms with Crippen LogP contribution in [-0.2, 0) is 0 Å². The van der Waals surface area contributed by atoms with E-state index in [9.17, 15) is 0 Å². The van der Waals surface area contributed by atoms with Crippen LogP contribution in [0.4, 0.5) is 0 Å². The highest BCUT2D eigenvalue weighted by atomic mass is 16.3. The summed E-state index contributed by atoms with van der Waals surface area (Å²) in [5, 5.41) is 4.16. The molecule has 8 rings (SSSR count). The monoisotopic (exact) mass is 525 g/mol. The second-order valence-electron chi connectivity index (χ2n) is 10.1. The van der Waals surface area contributed by atoms with Crippen LogP contribution >= 0.6 is 0 Å². The number of fused-ring (bicyclic) bond motifs is 5. The maximum Gasteiger partial charge on any atom is 0.164 e. The highest BCUT2D eigenvalue weighted by Gasteiger charge is 2.19. The molecule has 0 atom stereocenters. The molecule has 4 nitrogen and oxygen atoms in total. The molecule has 0 saturated heterocycles. The molecule has 0 unspecified atom stereocenters. The first-order valence-electron chi connectivity index (χ1n) is 13.6. The molecule has 0 saturated carbocycles. The van der Waals surface area contributed by atoms with Crippen molar-refractivity contribution in [2.45, 2.75) is 0 Å². The molecule has 0 aliphatic heterocycles. The fraction of sp³-hybridized carbons (Fsp3) is 0. The Morgan fingerprint density at radius 1 is 0.366 bits per heavy atom. The lowest BCUT2D eigenvalue weighted by Crippen LogP contribution is -2.00. The Labute approximate surface area is 236 Å². The molecule has 0 spiro atoms. The highest BCUT2D eigenvalue weighted by Crippen LogP contribution is 2.40. The smallest absolute Gasteiger partial charge is 0.164 e. The van der Waals surface area contributed by atoms with Crippen molar-refractivity contribution in [2.75, 3.05) is 0 Å². The van der Waals surface area contributed by atoms with Gasteiger partial charge in [-0.25, -0.2) is 15.0 Å². The number of rotatable bonds is 4. The third kappa shape index (κ3) is 4.05. The van der Waals surface area contributed by atoms with Crippen LogP contribution in [0.3, 0.4) is 0 Å². The third-order valence-corrected chi connectivity index (χ3v) is 7.53. The van der Waals surface area contributed by atoms with Gasteiger partial charge in [0.15, 0.2) is 17.5 Å². The van der Waals surface area contributed by atoms with E-state index in [1.165, 1.54) is 0 Å². The van der Waals surface area contributed by atoms with Crippen LogP contribution in [0.1, 0.15) is 0 Å². The van der Waals surface area contributed by atoms with Crippen molar-refractivity contribution in [3.05, 3.63) is 140 Å². The molecule has 0 amide bonds. The SMILES string of the molecule is c1ccc(-c2ccc3c(c2)oc2c4ccccc4c(-c4nc(-c5ccccc5)nc(-c5ccccc5)n4)cc32)cc1. The van der Waals surface area contributed by atoms with Crippen LogP contribution in [-0.4, -0.2) is 15.0 Å². The second-order valence-corrected chi connectivity index (χ2v) is 10.1. The lowest BCUT2D eigenvalue weighted by Gasteiger charge is -2.11. The Kier molecular flexibility index (Phi) is 5.42. The molecule has 192 valence electrons. The molecule has 41 heavy (non-hydrogen) atoms. The van der Waals surface area contributed by atoms with Gasteiger partial charge in [-0.3, -0.25) is 0 Å². The molecule has 2 heterocycles. The molecule has 8 aromatic rings. The zero-order valence-corrected chi connectivity index (χ0v) is 22.0. The van der Waals surface area contributed by atoms with E-state index < -0.39 is 0 Å². The van der Waals surface area contributed by atoms with Gasteiger partial charge in [-0.05, 0) is 34.7 Å². The fourth-order valence-corrected chi connectivity index (χ4v) is 5.52. The van der Waals surface area contributed by atoms with Crippen molar-refractivity contribution in [3.8, 4) is 45.3 Å². The van der Waals surface area contributed by atoms with E-state index in [1.807, 2.05) is 78.9 Å². The van der Waals surface area contributed by atoms with Crippen LogP contribution in [0.2, 0.25) is 0 Å². The predicted molar refractivity (Wildman–Crippen MR) is 166 cm³/mol. The lowest BCUT2D eigenvalue weighted by molar-refractivity contribution is 0.673. The summed E-state index contributed by atoms with van der Waals surface area (Å²) in [6.07, 6.45) is 0. The van der Waals surface area contributed by atoms with Gasteiger partial charge in [0, 0.05) is 32.8 Å². The summed E-state index contributed by atoms with van der Waals surface area (Å²) in [6, 6.07) is 47.4. The molecular weight excluding hydrogens is 502 g/mol. The van der Waals surface area contributed by atoms with E-state index in [4.69, 9.17) is 19.4 Å². The van der Waals surface area contributed by atoms with Crippen molar-refractivity contribution >= 4 is 32.7 Å². The van der Waals surface area contributed by atoms with E-state index in [0.29, 0.717) is 17.5 Å². The van der Waals surface area contributed by atoms with Gasteiger partial charge < -0.3 is 4.42 Å². The Morgan fingerprint density at radius 2 is 0.902 bits per heavy atom. The molecule has 0 N–H and O–H groups in total. The van der Waals surface area contributed by atoms with Gasteiger partial charge in [0.25, 0.3) is 0 Å². The Balaban J connectivity index is 1.40. The predicted octanol–water partition coefficient (Wildman–Crippen LogP) is 9.59. The first-order chi connectivity index (χ1) is 20.3. The van der Waals surface area contributed by atoms with Gasteiger partial charge in [-0.1, -0.05) is 121 Å². The topological polar surface area (TPSA) is 51.8 Å². The van der Waals surface area contributed by atoms with E-state index >= 15 is 0 Å². The zero-order valence-electron chi connectivity index (χ0n) is 22.0. The molecule has 2 aromatic heterocycles. The molecule has 0 aliphatic rings. The Hall–Kier alpha value is -5.61. The number of aromatic nitrogens is 3. The van der Waals surface area contributed by atoms with Crippen molar-refractivity contribution in [1.82, 2.24) is 15.0 Å². The summed E-state index contributed by atoms with van der Waals surface area (Å²) in [5.74, 6) is 1.91. The average molecular weight is 526 g/mol. The van der Waals surface area contributed by atoms with Gasteiger partial charge in [0.05, 0.1) is 0 Å². The number of nitrogens with zero attached hydrogens (tertiary/aromatic N) is 3. The first-order valence-corrected chi connectivity index (χ1v) is 13.6. The minimum Gasteiger partial charge on any atom is -0.455 e. The lowest BCUT2D eigenvalue weighted by atomic mass is 9.98. The van der Waals surface area contributed by atoms with E-state index in [0.717, 1.165) is 60.5 Å². The quantitative estimate of drug-likeness (QED) is 0.230. The Bertz CT molecular complexity index is 2130. The van der Waals surface area contributed by atoms with Gasteiger partial charge in [-0.2, -0.15) is 0 Å². The van der Waals surface area contributed by atoms with Crippen molar-refractivity contribution in [2.24, 2.45) is 0 Å². The molecule has 0 bridgehead atoms. The van der Waals surface area contributed by atoms with E-state index in [-0.39, 0.29) is 0 Å². The van der Waals surface area contributed by atoms with Crippen LogP contribution in [0.15, 0.2) is 144 Å². The maximum atomic E-state index is 6.55. The normalized spacial score (nSPS) is 11.4. The Morgan fingerprint density at radius 3 is 1.54 bits per heavy atom. The van der Waals surface area contributed by atoms with Gasteiger partial charge in [-0.15, -0.1) is 0 Å². The minimum atomic E-state index is 0.631. The van der Waals surface area contributed by atoms with Crippen LogP contribution in [0.5, 0.6) is 0 Å². The maximum absolute atomic E-state index is 6.55. The summed E-state index contributed by atoms with van der Waals surface area (Å²) >= 11 is 0. The molecule has 0 aliphatic carbocycles. The van der Waals surface area contributed by atoms with Gasteiger partial charge in [0.1, 0.15) is 11.2 Å². The first kappa shape index (κ1) is 23.3. The summed E-state index contributed by atoms with van der Waals surface area (Å²) in [4.78, 5) is 14.9. The fourth-order valence-electron chi connectivity index (χ4n) is 5.52. The number of furan rings is 1. The molecule has 4 heteroatoms. The largest absolute Gasteiger partial charge is 0.455 e. The summed E-state index contributed by atoms with van der Waals surface area (Å²) in [6.45, 7) is 0. The van der Waals surface area contributed by atoms with Crippen molar-refractivity contribution < 1.29 is 4.42 Å². The zero-order chi connectivity index (χ0) is 27.2. The summed E-state index contributed by atoms with van der Waals surface area (Å²) in [7, 11) is 0. The molecular formula is C37H23N3O. The van der Waals surface area contributed by atoms with Crippen molar-refractivity contribution in [1.29, 1.82) is 0 Å². The molecule has 6 aromatic carbocycles. The summed E-state index contributed by atoms with van der Waals surface area (Å²) < 4.78 is 6.55. The van der Waals surface area contributed by atoms with Crippen LogP contribution < -0.4 is 0 Å². The number of benzene rings is 6. The minimum absolute atomic E-state index is 0.631. The highest BCUT2D eigenvalue weighted by molar-refractivity contribution is 6.19. The number of hydrogen-bond acceptors (Lipinski definition) is 4. The van der Waals surface area contributed by atoms with Crippen molar-refractivity contribution in [3.63, 3.8) is 0 Å². The standard InChI is InChI=1S/C37H23N3O/c1-4-12-24(13-5-1)27-20-21-29-31-23-32(28-18-10-11-19-30(28)34(31)41-33(29)22-27)37-39-35(25-14-6-2-7-15-25)38-36(40-37)26-16-8-3-9-17-26/h1-23H. The second kappa shape index (κ2) is 9.54. The third-order valence-electron chi connectivity index (χ3n) is 7.53. The molecule has 0 radical (unpaired) electrons. The van der Waals surface area contributed by atoms with Crippen LogP contribution in [0, 0.1) is 0 Å².